The molecule has 3 heterocycles. The third kappa shape index (κ3) is 3.31. The second-order valence-corrected chi connectivity index (χ2v) is 7.18. The van der Waals surface area contributed by atoms with Gasteiger partial charge < -0.3 is 9.82 Å². The Balaban J connectivity index is 1.74. The van der Waals surface area contributed by atoms with Crippen LogP contribution in [0.2, 0.25) is 0 Å². The highest BCUT2D eigenvalue weighted by molar-refractivity contribution is 6.06. The molecule has 1 aliphatic heterocycles. The van der Waals surface area contributed by atoms with Crippen LogP contribution in [0.3, 0.4) is 0 Å². The molecule has 0 saturated carbocycles. The maximum absolute atomic E-state index is 12.9. The lowest BCUT2D eigenvalue weighted by atomic mass is 9.92. The molecule has 0 spiro atoms. The molecule has 0 aromatic carbocycles. The summed E-state index contributed by atoms with van der Waals surface area (Å²) in [5.41, 5.74) is 0.511. The summed E-state index contributed by atoms with van der Waals surface area (Å²) in [6, 6.07) is 1.81. The summed E-state index contributed by atoms with van der Waals surface area (Å²) in [4.78, 5) is 41.6. The molecule has 2 aromatic rings. The second kappa shape index (κ2) is 6.32. The van der Waals surface area contributed by atoms with Gasteiger partial charge in [0.05, 0.1) is 5.41 Å². The van der Waals surface area contributed by atoms with Gasteiger partial charge in [-0.2, -0.15) is 0 Å². The number of fused-ring (bicyclic) bond motifs is 1. The van der Waals surface area contributed by atoms with Gasteiger partial charge >= 0.3 is 5.97 Å². The minimum atomic E-state index is -0.569. The number of nitrogens with one attached hydrogen (secondary N) is 1. The number of H-pyrrole nitrogens is 1. The molecule has 24 heavy (non-hydrogen) atoms. The number of carbonyl (C=O) groups excluding carboxylic acids is 2. The molecule has 2 aromatic heterocycles. The second-order valence-electron chi connectivity index (χ2n) is 7.18. The smallest absolute Gasteiger partial charge is 0.330 e. The Bertz CT molecular complexity index is 763. The standard InChI is InChI=1S/C17H22N4O3/c1-17(2,3)16(23)24-21-8-4-5-11(9-21)14(22)13-12-6-7-18-15(12)20-10-19-13/h6-7,10-11H,4-5,8-9H2,1-3H3,(H,18,19,20). The molecule has 1 fully saturated rings. The zero-order chi connectivity index (χ0) is 17.3. The highest BCUT2D eigenvalue weighted by Gasteiger charge is 2.32. The van der Waals surface area contributed by atoms with Crippen LogP contribution in [0.25, 0.3) is 11.0 Å². The Labute approximate surface area is 140 Å². The summed E-state index contributed by atoms with van der Waals surface area (Å²) in [6.45, 7) is 6.48. The quantitative estimate of drug-likeness (QED) is 0.869. The Morgan fingerprint density at radius 3 is 2.88 bits per heavy atom. The van der Waals surface area contributed by atoms with Crippen LogP contribution in [0.5, 0.6) is 0 Å². The van der Waals surface area contributed by atoms with Crippen molar-refractivity contribution in [3.63, 3.8) is 0 Å². The number of piperidine rings is 1. The largest absolute Gasteiger partial charge is 0.367 e. The van der Waals surface area contributed by atoms with Gasteiger partial charge in [0, 0.05) is 30.6 Å². The predicted molar refractivity (Wildman–Crippen MR) is 88.1 cm³/mol. The Morgan fingerprint density at radius 1 is 1.33 bits per heavy atom. The zero-order valence-electron chi connectivity index (χ0n) is 14.2. The van der Waals surface area contributed by atoms with Crippen molar-refractivity contribution in [3.8, 4) is 0 Å². The topological polar surface area (TPSA) is 88.2 Å². The van der Waals surface area contributed by atoms with Crippen LogP contribution in [-0.4, -0.2) is 44.9 Å². The summed E-state index contributed by atoms with van der Waals surface area (Å²) < 4.78 is 0. The molecule has 3 rings (SSSR count). The number of rotatable bonds is 3. The number of aromatic nitrogens is 3. The number of nitrogens with zero attached hydrogens (tertiary/aromatic N) is 3. The van der Waals surface area contributed by atoms with E-state index in [-0.39, 0.29) is 17.7 Å². The fourth-order valence-electron chi connectivity index (χ4n) is 2.76. The molecule has 1 saturated heterocycles. The molecule has 7 heteroatoms. The van der Waals surface area contributed by atoms with Crippen LogP contribution in [0.4, 0.5) is 0 Å². The molecular weight excluding hydrogens is 308 g/mol. The number of hydroxylamine groups is 2. The first-order valence-corrected chi connectivity index (χ1v) is 8.16. The van der Waals surface area contributed by atoms with Crippen LogP contribution < -0.4 is 0 Å². The first kappa shape index (κ1) is 16.6. The maximum atomic E-state index is 12.9. The van der Waals surface area contributed by atoms with Crippen LogP contribution in [0.1, 0.15) is 44.1 Å². The summed E-state index contributed by atoms with van der Waals surface area (Å²) in [6.07, 6.45) is 4.70. The summed E-state index contributed by atoms with van der Waals surface area (Å²) >= 11 is 0. The summed E-state index contributed by atoms with van der Waals surface area (Å²) in [5.74, 6) is -0.552. The lowest BCUT2D eigenvalue weighted by Gasteiger charge is -2.32. The Hall–Kier alpha value is -2.28. The van der Waals surface area contributed by atoms with Crippen molar-refractivity contribution >= 4 is 22.8 Å². The molecule has 0 aliphatic carbocycles. The van der Waals surface area contributed by atoms with Crippen molar-refractivity contribution in [2.45, 2.75) is 33.6 Å². The molecule has 0 bridgehead atoms. The van der Waals surface area contributed by atoms with Gasteiger partial charge in [0.15, 0.2) is 5.78 Å². The summed E-state index contributed by atoms with van der Waals surface area (Å²) in [7, 11) is 0. The van der Waals surface area contributed by atoms with Gasteiger partial charge in [0.25, 0.3) is 0 Å². The minimum Gasteiger partial charge on any atom is -0.367 e. The van der Waals surface area contributed by atoms with Crippen LogP contribution in [-0.2, 0) is 9.63 Å². The van der Waals surface area contributed by atoms with E-state index in [1.807, 2.05) is 26.8 Å². The van der Waals surface area contributed by atoms with E-state index in [0.717, 1.165) is 18.2 Å². The molecule has 1 unspecified atom stereocenters. The number of carbonyl (C=O) groups is 2. The average molecular weight is 330 g/mol. The van der Waals surface area contributed by atoms with E-state index in [1.54, 1.807) is 11.3 Å². The van der Waals surface area contributed by atoms with Crippen molar-refractivity contribution < 1.29 is 14.4 Å². The number of ketones is 1. The lowest BCUT2D eigenvalue weighted by molar-refractivity contribution is -0.206. The van der Waals surface area contributed by atoms with E-state index >= 15 is 0 Å². The molecule has 0 amide bonds. The first-order chi connectivity index (χ1) is 11.4. The summed E-state index contributed by atoms with van der Waals surface area (Å²) in [5, 5.41) is 2.33. The highest BCUT2D eigenvalue weighted by atomic mass is 16.7. The monoisotopic (exact) mass is 330 g/mol. The van der Waals surface area contributed by atoms with E-state index in [2.05, 4.69) is 15.0 Å². The highest BCUT2D eigenvalue weighted by Crippen LogP contribution is 2.25. The predicted octanol–water partition coefficient (Wildman–Crippen LogP) is 2.36. The van der Waals surface area contributed by atoms with Gasteiger partial charge in [-0.25, -0.2) is 14.8 Å². The van der Waals surface area contributed by atoms with Gasteiger partial charge in [-0.3, -0.25) is 4.79 Å². The van der Waals surface area contributed by atoms with E-state index in [1.165, 1.54) is 6.33 Å². The fraction of sp³-hybridized carbons (Fsp3) is 0.529. The van der Waals surface area contributed by atoms with Crippen molar-refractivity contribution in [1.29, 1.82) is 0 Å². The normalized spacial score (nSPS) is 19.4. The number of hydrogen-bond donors (Lipinski definition) is 1. The maximum Gasteiger partial charge on any atom is 0.330 e. The lowest BCUT2D eigenvalue weighted by Crippen LogP contribution is -2.42. The Kier molecular flexibility index (Phi) is 4.36. The van der Waals surface area contributed by atoms with Crippen molar-refractivity contribution in [2.75, 3.05) is 13.1 Å². The van der Waals surface area contributed by atoms with E-state index in [0.29, 0.717) is 24.4 Å². The number of hydrogen-bond acceptors (Lipinski definition) is 6. The van der Waals surface area contributed by atoms with Crippen LogP contribution in [0, 0.1) is 11.3 Å². The molecule has 128 valence electrons. The van der Waals surface area contributed by atoms with Gasteiger partial charge in [-0.05, 0) is 39.7 Å². The first-order valence-electron chi connectivity index (χ1n) is 8.16. The van der Waals surface area contributed by atoms with Gasteiger partial charge in [0.2, 0.25) is 0 Å². The Morgan fingerprint density at radius 2 is 2.12 bits per heavy atom. The molecule has 7 nitrogen and oxygen atoms in total. The van der Waals surface area contributed by atoms with E-state index < -0.39 is 5.41 Å². The average Bonchev–Trinajstić information content (AvgIpc) is 3.02. The van der Waals surface area contributed by atoms with E-state index in [4.69, 9.17) is 4.84 Å². The van der Waals surface area contributed by atoms with Crippen molar-refractivity contribution in [3.05, 3.63) is 24.3 Å². The third-order valence-corrected chi connectivity index (χ3v) is 4.17. The van der Waals surface area contributed by atoms with Crippen molar-refractivity contribution in [2.24, 2.45) is 11.3 Å². The molecule has 0 radical (unpaired) electrons. The van der Waals surface area contributed by atoms with Gasteiger partial charge in [0.1, 0.15) is 17.7 Å². The van der Waals surface area contributed by atoms with Gasteiger partial charge in [-0.1, -0.05) is 0 Å². The molecule has 1 N–H and O–H groups in total. The zero-order valence-corrected chi connectivity index (χ0v) is 14.2. The van der Waals surface area contributed by atoms with Gasteiger partial charge in [-0.15, -0.1) is 5.06 Å². The SMILES string of the molecule is CC(C)(C)C(=O)ON1CCCC(C(=O)c2ncnc3[nH]ccc23)C1. The van der Waals surface area contributed by atoms with E-state index in [9.17, 15) is 9.59 Å². The van der Waals surface area contributed by atoms with Crippen LogP contribution >= 0.6 is 0 Å². The number of Topliss-reactive ketones (excluding diaryl/α,β-unsaturated/α-hetero) is 1. The molecular formula is C17H22N4O3. The molecule has 1 aliphatic rings. The van der Waals surface area contributed by atoms with Crippen LogP contribution in [0.15, 0.2) is 18.6 Å². The third-order valence-electron chi connectivity index (χ3n) is 4.17. The molecule has 1 atom stereocenters. The number of aromatic amines is 1. The fourth-order valence-corrected chi connectivity index (χ4v) is 2.76. The van der Waals surface area contributed by atoms with Crippen molar-refractivity contribution in [1.82, 2.24) is 20.0 Å². The minimum absolute atomic E-state index is 0.0292.